The number of aromatic nitrogens is 2. The largest absolute Gasteiger partial charge is 0.461 e. The molecule has 1 N–H and O–H groups in total. The van der Waals surface area contributed by atoms with Crippen molar-refractivity contribution in [1.82, 2.24) is 9.78 Å². The van der Waals surface area contributed by atoms with Crippen LogP contribution in [0.3, 0.4) is 0 Å². The molecule has 6 heteroatoms. The van der Waals surface area contributed by atoms with Gasteiger partial charge in [0.2, 0.25) is 0 Å². The van der Waals surface area contributed by atoms with Crippen molar-refractivity contribution in [3.8, 4) is 5.69 Å². The molecule has 0 saturated carbocycles. The number of nitrogens with zero attached hydrogens (tertiary/aromatic N) is 1. The second-order valence-electron chi connectivity index (χ2n) is 4.89. The lowest BCUT2D eigenvalue weighted by atomic mass is 10.0. The summed E-state index contributed by atoms with van der Waals surface area (Å²) in [6, 6.07) is 5.43. The van der Waals surface area contributed by atoms with Crippen LogP contribution in [0.5, 0.6) is 0 Å². The number of esters is 1. The molecule has 2 rings (SSSR count). The lowest BCUT2D eigenvalue weighted by molar-refractivity contribution is 0.0517. The molecule has 0 amide bonds. The van der Waals surface area contributed by atoms with Gasteiger partial charge in [-0.1, -0.05) is 13.8 Å². The van der Waals surface area contributed by atoms with Crippen LogP contribution >= 0.6 is 0 Å². The van der Waals surface area contributed by atoms with Gasteiger partial charge in [0.1, 0.15) is 11.5 Å². The molecule has 0 saturated heterocycles. The first kappa shape index (κ1) is 15.0. The summed E-state index contributed by atoms with van der Waals surface area (Å²) in [6.45, 7) is 5.56. The predicted molar refractivity (Wildman–Crippen MR) is 76.4 cm³/mol. The number of nitrogens with one attached hydrogen (secondary N) is 1. The summed E-state index contributed by atoms with van der Waals surface area (Å²) in [6.07, 6.45) is 0. The number of carbonyl (C=O) groups is 1. The van der Waals surface area contributed by atoms with Crippen molar-refractivity contribution in [2.75, 3.05) is 6.61 Å². The summed E-state index contributed by atoms with van der Waals surface area (Å²) in [5.74, 6) is -1.11. The standard InChI is InChI=1S/C15H17FN2O3/c1-4-21-15(20)13-12(9(2)3)14(19)18(17-13)11-7-5-10(16)6-8-11/h5-9,17H,4H2,1-3H3. The highest BCUT2D eigenvalue weighted by Gasteiger charge is 2.23. The fourth-order valence-electron chi connectivity index (χ4n) is 2.12. The predicted octanol–water partition coefficient (Wildman–Crippen LogP) is 2.60. The van der Waals surface area contributed by atoms with Gasteiger partial charge in [-0.25, -0.2) is 13.9 Å². The van der Waals surface area contributed by atoms with Crippen LogP contribution in [0.4, 0.5) is 4.39 Å². The van der Waals surface area contributed by atoms with Gasteiger partial charge in [-0.15, -0.1) is 0 Å². The second kappa shape index (κ2) is 5.95. The maximum absolute atomic E-state index is 13.0. The molecule has 5 nitrogen and oxygen atoms in total. The van der Waals surface area contributed by atoms with Gasteiger partial charge < -0.3 is 4.74 Å². The Bertz CT molecular complexity index is 699. The fraction of sp³-hybridized carbons (Fsp3) is 0.333. The summed E-state index contributed by atoms with van der Waals surface area (Å²) in [7, 11) is 0. The number of rotatable bonds is 4. The number of halogens is 1. The number of carbonyl (C=O) groups excluding carboxylic acids is 1. The number of H-pyrrole nitrogens is 1. The Morgan fingerprint density at radius 1 is 1.33 bits per heavy atom. The SMILES string of the molecule is CCOC(=O)c1[nH]n(-c2ccc(F)cc2)c(=O)c1C(C)C. The van der Waals surface area contributed by atoms with E-state index in [9.17, 15) is 14.0 Å². The van der Waals surface area contributed by atoms with Crippen molar-refractivity contribution in [3.05, 3.63) is 51.7 Å². The van der Waals surface area contributed by atoms with Gasteiger partial charge in [-0.05, 0) is 37.1 Å². The molecule has 21 heavy (non-hydrogen) atoms. The van der Waals surface area contributed by atoms with Crippen molar-refractivity contribution in [2.45, 2.75) is 26.7 Å². The minimum absolute atomic E-state index is 0.140. The summed E-state index contributed by atoms with van der Waals surface area (Å²) in [5, 5.41) is 2.76. The van der Waals surface area contributed by atoms with E-state index in [4.69, 9.17) is 4.74 Å². The second-order valence-corrected chi connectivity index (χ2v) is 4.89. The van der Waals surface area contributed by atoms with Crippen LogP contribution in [0.15, 0.2) is 29.1 Å². The number of aromatic amines is 1. The van der Waals surface area contributed by atoms with Gasteiger partial charge in [0.15, 0.2) is 0 Å². The van der Waals surface area contributed by atoms with Crippen LogP contribution in [0, 0.1) is 5.82 Å². The first-order chi connectivity index (χ1) is 9.95. The monoisotopic (exact) mass is 292 g/mol. The Labute approximate surface area is 121 Å². The smallest absolute Gasteiger partial charge is 0.356 e. The van der Waals surface area contributed by atoms with Crippen LogP contribution in [-0.4, -0.2) is 22.4 Å². The molecular formula is C15H17FN2O3. The van der Waals surface area contributed by atoms with Gasteiger partial charge in [-0.2, -0.15) is 0 Å². The molecule has 0 aliphatic heterocycles. The normalized spacial score (nSPS) is 10.9. The molecule has 0 atom stereocenters. The average Bonchev–Trinajstić information content (AvgIpc) is 2.78. The summed E-state index contributed by atoms with van der Waals surface area (Å²) in [5.41, 5.74) is 0.623. The fourth-order valence-corrected chi connectivity index (χ4v) is 2.12. The van der Waals surface area contributed by atoms with Crippen molar-refractivity contribution in [1.29, 1.82) is 0 Å². The molecule has 1 aromatic carbocycles. The van der Waals surface area contributed by atoms with Crippen molar-refractivity contribution < 1.29 is 13.9 Å². The Kier molecular flexibility index (Phi) is 4.26. The Hall–Kier alpha value is -2.37. The van der Waals surface area contributed by atoms with Crippen molar-refractivity contribution in [2.24, 2.45) is 0 Å². The summed E-state index contributed by atoms with van der Waals surface area (Å²) >= 11 is 0. The molecule has 2 aromatic rings. The van der Waals surface area contributed by atoms with E-state index in [0.717, 1.165) is 0 Å². The molecule has 1 heterocycles. The number of ether oxygens (including phenoxy) is 1. The Morgan fingerprint density at radius 2 is 1.95 bits per heavy atom. The van der Waals surface area contributed by atoms with Crippen LogP contribution in [0.25, 0.3) is 5.69 Å². The highest BCUT2D eigenvalue weighted by atomic mass is 19.1. The molecule has 0 aliphatic rings. The molecule has 0 bridgehead atoms. The van der Waals surface area contributed by atoms with Gasteiger partial charge in [0.05, 0.1) is 17.9 Å². The van der Waals surface area contributed by atoms with E-state index in [1.54, 1.807) is 6.92 Å². The van der Waals surface area contributed by atoms with E-state index in [-0.39, 0.29) is 23.8 Å². The third kappa shape index (κ3) is 2.89. The van der Waals surface area contributed by atoms with E-state index in [1.165, 1.54) is 28.9 Å². The zero-order valence-electron chi connectivity index (χ0n) is 12.1. The molecule has 0 unspecified atom stereocenters. The highest BCUT2D eigenvalue weighted by molar-refractivity contribution is 5.89. The maximum atomic E-state index is 13.0. The van der Waals surface area contributed by atoms with Gasteiger partial charge in [0.25, 0.3) is 5.56 Å². The molecule has 0 radical (unpaired) electrons. The Balaban J connectivity index is 2.58. The van der Waals surface area contributed by atoms with Crippen molar-refractivity contribution in [3.63, 3.8) is 0 Å². The minimum Gasteiger partial charge on any atom is -0.461 e. The van der Waals surface area contributed by atoms with Crippen LogP contribution in [0.1, 0.15) is 42.7 Å². The topological polar surface area (TPSA) is 64.1 Å². The first-order valence-electron chi connectivity index (χ1n) is 6.73. The quantitative estimate of drug-likeness (QED) is 0.881. The molecule has 0 fully saturated rings. The molecule has 0 aliphatic carbocycles. The molecule has 1 aromatic heterocycles. The molecule has 0 spiro atoms. The van der Waals surface area contributed by atoms with E-state index in [2.05, 4.69) is 5.10 Å². The number of hydrogen-bond acceptors (Lipinski definition) is 3. The zero-order chi connectivity index (χ0) is 15.6. The number of benzene rings is 1. The lowest BCUT2D eigenvalue weighted by Gasteiger charge is -2.04. The van der Waals surface area contributed by atoms with E-state index < -0.39 is 11.8 Å². The van der Waals surface area contributed by atoms with E-state index >= 15 is 0 Å². The van der Waals surface area contributed by atoms with Crippen LogP contribution in [0.2, 0.25) is 0 Å². The lowest BCUT2D eigenvalue weighted by Crippen LogP contribution is -2.18. The van der Waals surface area contributed by atoms with E-state index in [1.807, 2.05) is 13.8 Å². The zero-order valence-corrected chi connectivity index (χ0v) is 12.1. The highest BCUT2D eigenvalue weighted by Crippen LogP contribution is 2.17. The Morgan fingerprint density at radius 3 is 2.48 bits per heavy atom. The average molecular weight is 292 g/mol. The number of hydrogen-bond donors (Lipinski definition) is 1. The molecular weight excluding hydrogens is 275 g/mol. The maximum Gasteiger partial charge on any atom is 0.356 e. The van der Waals surface area contributed by atoms with Gasteiger partial charge in [-0.3, -0.25) is 9.89 Å². The first-order valence-corrected chi connectivity index (χ1v) is 6.73. The van der Waals surface area contributed by atoms with Crippen molar-refractivity contribution >= 4 is 5.97 Å². The van der Waals surface area contributed by atoms with Crippen LogP contribution in [-0.2, 0) is 4.74 Å². The summed E-state index contributed by atoms with van der Waals surface area (Å²) < 4.78 is 19.2. The molecule has 112 valence electrons. The van der Waals surface area contributed by atoms with Gasteiger partial charge in [0, 0.05) is 0 Å². The van der Waals surface area contributed by atoms with Crippen LogP contribution < -0.4 is 5.56 Å². The third-order valence-electron chi connectivity index (χ3n) is 3.07. The third-order valence-corrected chi connectivity index (χ3v) is 3.07. The minimum atomic E-state index is -0.570. The van der Waals surface area contributed by atoms with E-state index in [0.29, 0.717) is 11.3 Å². The summed E-state index contributed by atoms with van der Waals surface area (Å²) in [4.78, 5) is 24.4. The van der Waals surface area contributed by atoms with Gasteiger partial charge >= 0.3 is 5.97 Å².